The molecular weight excluding hydrogens is 372 g/mol. The summed E-state index contributed by atoms with van der Waals surface area (Å²) in [5.74, 6) is 1.93. The largest absolute Gasteiger partial charge is 0.0654 e. The van der Waals surface area contributed by atoms with Crippen LogP contribution in [0.3, 0.4) is 0 Å². The highest BCUT2D eigenvalue weighted by atomic mass is 14.1. The molecule has 2 unspecified atom stereocenters. The topological polar surface area (TPSA) is 0 Å². The van der Waals surface area contributed by atoms with Gasteiger partial charge in [0.1, 0.15) is 0 Å². The van der Waals surface area contributed by atoms with Crippen LogP contribution < -0.4 is 0 Å². The van der Waals surface area contributed by atoms with E-state index in [9.17, 15) is 0 Å². The van der Waals surface area contributed by atoms with Crippen molar-refractivity contribution in [1.29, 1.82) is 0 Å². The maximum Gasteiger partial charge on any atom is -0.0443 e. The van der Waals surface area contributed by atoms with Crippen molar-refractivity contribution in [3.63, 3.8) is 0 Å². The van der Waals surface area contributed by atoms with Gasteiger partial charge in [0.05, 0.1) is 0 Å². The minimum Gasteiger partial charge on any atom is -0.0654 e. The zero-order valence-corrected chi connectivity index (χ0v) is 22.8. The Labute approximate surface area is 200 Å². The van der Waals surface area contributed by atoms with Crippen molar-refractivity contribution in [2.75, 3.05) is 0 Å². The Morgan fingerprint density at radius 3 is 0.710 bits per heavy atom. The molecule has 0 aliphatic carbocycles. The van der Waals surface area contributed by atoms with Crippen LogP contribution in [0.1, 0.15) is 188 Å². The molecule has 0 saturated carbocycles. The van der Waals surface area contributed by atoms with Crippen LogP contribution in [0, 0.1) is 11.8 Å². The predicted molar refractivity (Wildman–Crippen MR) is 145 cm³/mol. The fourth-order valence-corrected chi connectivity index (χ4v) is 5.06. The van der Waals surface area contributed by atoms with Crippen molar-refractivity contribution in [2.45, 2.75) is 188 Å². The van der Waals surface area contributed by atoms with Gasteiger partial charge in [-0.05, 0) is 11.8 Å². The molecular formula is C31H64. The zero-order chi connectivity index (χ0) is 22.8. The number of rotatable bonds is 26. The van der Waals surface area contributed by atoms with E-state index >= 15 is 0 Å². The molecule has 0 heterocycles. The highest BCUT2D eigenvalue weighted by molar-refractivity contribution is 4.58. The third-order valence-electron chi connectivity index (χ3n) is 7.49. The van der Waals surface area contributed by atoms with Crippen molar-refractivity contribution < 1.29 is 0 Å². The molecule has 31 heavy (non-hydrogen) atoms. The minimum absolute atomic E-state index is 0.964. The summed E-state index contributed by atoms with van der Waals surface area (Å²) >= 11 is 0. The molecule has 0 aromatic rings. The molecule has 0 amide bonds. The van der Waals surface area contributed by atoms with Crippen molar-refractivity contribution in [3.05, 3.63) is 0 Å². The number of hydrogen-bond donors (Lipinski definition) is 0. The molecule has 0 aliphatic heterocycles. The van der Waals surface area contributed by atoms with E-state index in [1.807, 2.05) is 0 Å². The van der Waals surface area contributed by atoms with E-state index in [0.717, 1.165) is 11.8 Å². The Bertz CT molecular complexity index is 307. The summed E-state index contributed by atoms with van der Waals surface area (Å²) in [5, 5.41) is 0. The fraction of sp³-hybridized carbons (Fsp3) is 1.00. The highest BCUT2D eigenvalue weighted by Gasteiger charge is 2.04. The van der Waals surface area contributed by atoms with Gasteiger partial charge < -0.3 is 0 Å². The van der Waals surface area contributed by atoms with Gasteiger partial charge in [-0.3, -0.25) is 0 Å². The van der Waals surface area contributed by atoms with Crippen molar-refractivity contribution in [3.8, 4) is 0 Å². The molecule has 0 rings (SSSR count). The molecule has 2 atom stereocenters. The van der Waals surface area contributed by atoms with Gasteiger partial charge in [0.15, 0.2) is 0 Å². The molecule has 0 heteroatoms. The number of hydrogen-bond acceptors (Lipinski definition) is 0. The maximum atomic E-state index is 2.50. The van der Waals surface area contributed by atoms with Gasteiger partial charge in [-0.1, -0.05) is 188 Å². The van der Waals surface area contributed by atoms with Crippen molar-refractivity contribution >= 4 is 0 Å². The first-order chi connectivity index (χ1) is 15.2. The first-order valence-corrected chi connectivity index (χ1v) is 15.2. The maximum absolute atomic E-state index is 2.50. The van der Waals surface area contributed by atoms with Crippen molar-refractivity contribution in [1.82, 2.24) is 0 Å². The van der Waals surface area contributed by atoms with Crippen LogP contribution in [-0.4, -0.2) is 0 Å². The second-order valence-corrected chi connectivity index (χ2v) is 11.1. The van der Waals surface area contributed by atoms with Crippen LogP contribution in [0.4, 0.5) is 0 Å². The standard InChI is InChI=1S/C31H64/c1-5-7-9-11-13-14-15-16-19-23-27-31(4)29-25-21-17-20-24-28-30(3)26-22-18-12-10-8-6-2/h30-31H,5-29H2,1-4H3. The molecule has 0 aromatic heterocycles. The van der Waals surface area contributed by atoms with Crippen molar-refractivity contribution in [2.24, 2.45) is 11.8 Å². The quantitative estimate of drug-likeness (QED) is 0.118. The summed E-state index contributed by atoms with van der Waals surface area (Å²) in [6, 6.07) is 0. The van der Waals surface area contributed by atoms with E-state index in [1.165, 1.54) is 161 Å². The van der Waals surface area contributed by atoms with Gasteiger partial charge in [-0.15, -0.1) is 0 Å². The van der Waals surface area contributed by atoms with E-state index in [0.29, 0.717) is 0 Å². The third kappa shape index (κ3) is 26.1. The zero-order valence-electron chi connectivity index (χ0n) is 22.8. The molecule has 0 nitrogen and oxygen atoms in total. The highest BCUT2D eigenvalue weighted by Crippen LogP contribution is 2.21. The van der Waals surface area contributed by atoms with E-state index in [1.54, 1.807) is 0 Å². The lowest BCUT2D eigenvalue weighted by Gasteiger charge is -2.12. The molecule has 0 saturated heterocycles. The van der Waals surface area contributed by atoms with Crippen LogP contribution in [0.5, 0.6) is 0 Å². The smallest absolute Gasteiger partial charge is 0.0443 e. The van der Waals surface area contributed by atoms with Gasteiger partial charge in [0.2, 0.25) is 0 Å². The SMILES string of the molecule is CCCCCCCCCCCCC(C)CCCCCCCC(C)CCCCCCCC. The summed E-state index contributed by atoms with van der Waals surface area (Å²) in [5.41, 5.74) is 0. The summed E-state index contributed by atoms with van der Waals surface area (Å²) in [4.78, 5) is 0. The second kappa shape index (κ2) is 26.3. The summed E-state index contributed by atoms with van der Waals surface area (Å²) in [6.07, 6.45) is 36.6. The van der Waals surface area contributed by atoms with Crippen LogP contribution >= 0.6 is 0 Å². The molecule has 188 valence electrons. The van der Waals surface area contributed by atoms with E-state index in [4.69, 9.17) is 0 Å². The minimum atomic E-state index is 0.964. The fourth-order valence-electron chi connectivity index (χ4n) is 5.06. The van der Waals surface area contributed by atoms with Gasteiger partial charge >= 0.3 is 0 Å². The number of unbranched alkanes of at least 4 members (excludes halogenated alkanes) is 18. The van der Waals surface area contributed by atoms with E-state index in [-0.39, 0.29) is 0 Å². The van der Waals surface area contributed by atoms with E-state index in [2.05, 4.69) is 27.7 Å². The summed E-state index contributed by atoms with van der Waals surface area (Å²) < 4.78 is 0. The average molecular weight is 437 g/mol. The Hall–Kier alpha value is 0. The first-order valence-electron chi connectivity index (χ1n) is 15.2. The molecule has 0 spiro atoms. The molecule has 0 radical (unpaired) electrons. The van der Waals surface area contributed by atoms with E-state index < -0.39 is 0 Å². The summed E-state index contributed by atoms with van der Waals surface area (Å²) in [7, 11) is 0. The Balaban J connectivity index is 3.24. The molecule has 0 fully saturated rings. The van der Waals surface area contributed by atoms with Gasteiger partial charge in [-0.2, -0.15) is 0 Å². The monoisotopic (exact) mass is 437 g/mol. The normalized spacial score (nSPS) is 13.5. The van der Waals surface area contributed by atoms with Gasteiger partial charge in [0, 0.05) is 0 Å². The van der Waals surface area contributed by atoms with Crippen LogP contribution in [-0.2, 0) is 0 Å². The Kier molecular flexibility index (Phi) is 26.3. The lowest BCUT2D eigenvalue weighted by molar-refractivity contribution is 0.416. The van der Waals surface area contributed by atoms with Crippen LogP contribution in [0.2, 0.25) is 0 Å². The van der Waals surface area contributed by atoms with Gasteiger partial charge in [-0.25, -0.2) is 0 Å². The first kappa shape index (κ1) is 31.0. The Morgan fingerprint density at radius 1 is 0.290 bits per heavy atom. The lowest BCUT2D eigenvalue weighted by atomic mass is 9.94. The lowest BCUT2D eigenvalue weighted by Crippen LogP contribution is -1.96. The Morgan fingerprint density at radius 2 is 0.484 bits per heavy atom. The molecule has 0 bridgehead atoms. The summed E-state index contributed by atoms with van der Waals surface area (Å²) in [6.45, 7) is 9.60. The van der Waals surface area contributed by atoms with Crippen LogP contribution in [0.25, 0.3) is 0 Å². The van der Waals surface area contributed by atoms with Crippen LogP contribution in [0.15, 0.2) is 0 Å². The molecule has 0 aromatic carbocycles. The molecule has 0 aliphatic rings. The average Bonchev–Trinajstić information content (AvgIpc) is 2.76. The third-order valence-corrected chi connectivity index (χ3v) is 7.49. The molecule has 0 N–H and O–H groups in total. The second-order valence-electron chi connectivity index (χ2n) is 11.1. The van der Waals surface area contributed by atoms with Gasteiger partial charge in [0.25, 0.3) is 0 Å². The predicted octanol–water partition coefficient (Wildman–Crippen LogP) is 12.1.